The number of nitrogens with one attached hydrogen (secondary N) is 1. The number of carbonyl (C=O) groups excluding carboxylic acids is 2. The number of benzene rings is 2. The highest BCUT2D eigenvalue weighted by atomic mass is 16.5. The Bertz CT molecular complexity index is 2000. The van der Waals surface area contributed by atoms with Gasteiger partial charge in [0.05, 0.1) is 17.7 Å². The predicted octanol–water partition coefficient (Wildman–Crippen LogP) is 4.28. The first-order valence-electron chi connectivity index (χ1n) is 14.2. The molecule has 0 unspecified atom stereocenters. The average Bonchev–Trinajstić information content (AvgIpc) is 3.49. The van der Waals surface area contributed by atoms with E-state index >= 15 is 0 Å². The van der Waals surface area contributed by atoms with Crippen LogP contribution in [0.15, 0.2) is 76.2 Å². The normalized spacial score (nSPS) is 13.1. The maximum Gasteiger partial charge on any atom is 0.290 e. The van der Waals surface area contributed by atoms with Crippen molar-refractivity contribution in [1.29, 1.82) is 5.26 Å². The predicted molar refractivity (Wildman–Crippen MR) is 166 cm³/mol. The van der Waals surface area contributed by atoms with Crippen molar-refractivity contribution < 1.29 is 18.8 Å². The van der Waals surface area contributed by atoms with Crippen molar-refractivity contribution in [1.82, 2.24) is 14.3 Å². The zero-order chi connectivity index (χ0) is 31.0. The van der Waals surface area contributed by atoms with Crippen LogP contribution in [0.1, 0.15) is 26.6 Å². The number of nitriles is 1. The van der Waals surface area contributed by atoms with E-state index in [1.54, 1.807) is 38.4 Å². The van der Waals surface area contributed by atoms with E-state index in [2.05, 4.69) is 16.3 Å². The number of ether oxygens (including phenoxy) is 1. The molecule has 0 aliphatic carbocycles. The van der Waals surface area contributed by atoms with Crippen molar-refractivity contribution >= 4 is 35.1 Å². The largest absolute Gasteiger partial charge is 0.381 e. The van der Waals surface area contributed by atoms with Gasteiger partial charge in [-0.25, -0.2) is 10.2 Å². The number of aromatic nitrogens is 3. The molecule has 1 fully saturated rings. The lowest BCUT2D eigenvalue weighted by molar-refractivity contribution is 0.0619. The van der Waals surface area contributed by atoms with Crippen LogP contribution in [0.2, 0.25) is 12.6 Å². The number of nitrogens with two attached hydrogens (primary N) is 1. The van der Waals surface area contributed by atoms with E-state index in [4.69, 9.17) is 20.3 Å². The Morgan fingerprint density at radius 1 is 1.16 bits per heavy atom. The van der Waals surface area contributed by atoms with Crippen LogP contribution in [0, 0.1) is 18.2 Å². The quantitative estimate of drug-likeness (QED) is 0.243. The number of rotatable bonds is 9. The van der Waals surface area contributed by atoms with Crippen molar-refractivity contribution in [3.8, 4) is 28.4 Å². The topological polar surface area (TPSA) is 158 Å². The summed E-state index contributed by atoms with van der Waals surface area (Å²) in [6, 6.07) is 17.9. The number of pyridine rings is 1. The van der Waals surface area contributed by atoms with Gasteiger partial charge in [-0.05, 0) is 61.0 Å². The number of fused-ring (bicyclic) bond motifs is 1. The molecule has 2 amide bonds. The standard InChI is InChI=1S/C32H29BN6O5/c1-19-27(32(42)38(2)44-19)21-8-6-20(7-9-21)26-15-22-10-11-36-28(31(41)37-24-5-3-4-23(14-24)30(35)40)29(22)39(26)12-13-43-25-16-33(17-25)18-34/h3-11,14-15,25H,12-13,16-17H2,1-2H3,(H2,35,40)(H,37,41). The van der Waals surface area contributed by atoms with Crippen LogP contribution < -0.4 is 16.6 Å². The molecule has 220 valence electrons. The Balaban J connectivity index is 1.37. The van der Waals surface area contributed by atoms with Crippen molar-refractivity contribution in [2.45, 2.75) is 32.2 Å². The lowest BCUT2D eigenvalue weighted by Crippen LogP contribution is -2.37. The van der Waals surface area contributed by atoms with E-state index in [9.17, 15) is 14.4 Å². The van der Waals surface area contributed by atoms with E-state index < -0.39 is 11.8 Å². The van der Waals surface area contributed by atoms with Gasteiger partial charge in [0.15, 0.2) is 5.69 Å². The summed E-state index contributed by atoms with van der Waals surface area (Å²) in [6.45, 7) is 2.59. The number of hydrogen-bond acceptors (Lipinski definition) is 7. The minimum absolute atomic E-state index is 0.0310. The molecule has 4 heterocycles. The Hall–Kier alpha value is -5.41. The maximum atomic E-state index is 13.6. The minimum Gasteiger partial charge on any atom is -0.381 e. The minimum atomic E-state index is -0.596. The third kappa shape index (κ3) is 5.41. The molecule has 0 atom stereocenters. The fraction of sp³-hybridized carbons (Fsp3) is 0.219. The first-order chi connectivity index (χ1) is 21.2. The zero-order valence-corrected chi connectivity index (χ0v) is 24.2. The fourth-order valence-corrected chi connectivity index (χ4v) is 5.65. The van der Waals surface area contributed by atoms with Gasteiger partial charge in [-0.15, -0.1) is 0 Å². The Morgan fingerprint density at radius 2 is 1.91 bits per heavy atom. The molecule has 2 aromatic carbocycles. The summed E-state index contributed by atoms with van der Waals surface area (Å²) in [7, 11) is 1.58. The molecule has 44 heavy (non-hydrogen) atoms. The number of hydrogen-bond donors (Lipinski definition) is 2. The van der Waals surface area contributed by atoms with Crippen LogP contribution in [-0.2, 0) is 18.3 Å². The molecular weight excluding hydrogens is 559 g/mol. The summed E-state index contributed by atoms with van der Waals surface area (Å²) in [5.74, 6) is 1.77. The first kappa shape index (κ1) is 28.7. The van der Waals surface area contributed by atoms with Crippen LogP contribution >= 0.6 is 0 Å². The molecule has 6 rings (SSSR count). The van der Waals surface area contributed by atoms with Crippen LogP contribution in [0.4, 0.5) is 5.69 Å². The maximum absolute atomic E-state index is 13.6. The fourth-order valence-electron chi connectivity index (χ4n) is 5.65. The van der Waals surface area contributed by atoms with Crippen LogP contribution in [0.25, 0.3) is 33.3 Å². The Kier molecular flexibility index (Phi) is 7.63. The average molecular weight is 588 g/mol. The van der Waals surface area contributed by atoms with Crippen molar-refractivity contribution in [3.63, 3.8) is 0 Å². The molecule has 3 aromatic heterocycles. The van der Waals surface area contributed by atoms with Gasteiger partial charge in [-0.2, -0.15) is 4.74 Å². The molecule has 12 heteroatoms. The SMILES string of the molecule is Cc1on(C)c(=O)c1-c1ccc(-c2cc3ccnc(C(=O)Nc4cccc(C(N)=O)c4)c3n2CCOC2CB(C#N)C2)cc1. The number of anilines is 1. The number of carbonyl (C=O) groups is 2. The van der Waals surface area contributed by atoms with Gasteiger partial charge in [-0.3, -0.25) is 14.4 Å². The second kappa shape index (κ2) is 11.7. The highest BCUT2D eigenvalue weighted by Crippen LogP contribution is 2.32. The Labute approximate surface area is 252 Å². The molecular formula is C32H29BN6O5. The molecule has 5 aromatic rings. The van der Waals surface area contributed by atoms with Gasteiger partial charge in [0, 0.05) is 54.2 Å². The summed E-state index contributed by atoms with van der Waals surface area (Å²) in [5.41, 5.74) is 9.70. The lowest BCUT2D eigenvalue weighted by atomic mass is 9.35. The molecule has 0 spiro atoms. The summed E-state index contributed by atoms with van der Waals surface area (Å²) in [4.78, 5) is 42.3. The van der Waals surface area contributed by atoms with Crippen LogP contribution in [0.3, 0.4) is 0 Å². The van der Waals surface area contributed by atoms with E-state index in [0.29, 0.717) is 48.3 Å². The molecule has 3 N–H and O–H groups in total. The smallest absolute Gasteiger partial charge is 0.290 e. The van der Waals surface area contributed by atoms with Crippen molar-refractivity contribution in [2.75, 3.05) is 11.9 Å². The Morgan fingerprint density at radius 3 is 2.59 bits per heavy atom. The van der Waals surface area contributed by atoms with Gasteiger partial charge >= 0.3 is 0 Å². The van der Waals surface area contributed by atoms with Gasteiger partial charge in [0.25, 0.3) is 18.2 Å². The highest BCUT2D eigenvalue weighted by molar-refractivity contribution is 6.70. The molecule has 0 bridgehead atoms. The molecule has 1 aliphatic heterocycles. The first-order valence-corrected chi connectivity index (χ1v) is 14.2. The number of nitrogens with zero attached hydrogens (tertiary/aromatic N) is 4. The van der Waals surface area contributed by atoms with Crippen LogP contribution in [0.5, 0.6) is 0 Å². The van der Waals surface area contributed by atoms with E-state index in [-0.39, 0.29) is 29.6 Å². The summed E-state index contributed by atoms with van der Waals surface area (Å²) in [6.07, 6.45) is 3.04. The molecule has 1 aliphatic rings. The third-order valence-corrected chi connectivity index (χ3v) is 7.97. The molecule has 0 saturated carbocycles. The van der Waals surface area contributed by atoms with Crippen LogP contribution in [-0.4, -0.2) is 45.5 Å². The monoisotopic (exact) mass is 588 g/mol. The van der Waals surface area contributed by atoms with Gasteiger partial charge in [0.1, 0.15) is 5.76 Å². The van der Waals surface area contributed by atoms with Gasteiger partial charge in [-0.1, -0.05) is 30.3 Å². The number of amides is 2. The number of primary amides is 1. The molecule has 1 saturated heterocycles. The van der Waals surface area contributed by atoms with Gasteiger partial charge in [0.2, 0.25) is 5.91 Å². The van der Waals surface area contributed by atoms with E-state index in [1.807, 2.05) is 41.0 Å². The zero-order valence-electron chi connectivity index (χ0n) is 24.2. The third-order valence-electron chi connectivity index (χ3n) is 7.97. The lowest BCUT2D eigenvalue weighted by Gasteiger charge is -2.28. The second-order valence-corrected chi connectivity index (χ2v) is 10.9. The van der Waals surface area contributed by atoms with Crippen molar-refractivity contribution in [2.24, 2.45) is 12.8 Å². The summed E-state index contributed by atoms with van der Waals surface area (Å²) in [5, 5.41) is 12.8. The molecule has 0 radical (unpaired) electrons. The molecule has 11 nitrogen and oxygen atoms in total. The second-order valence-electron chi connectivity index (χ2n) is 10.9. The van der Waals surface area contributed by atoms with E-state index in [0.717, 1.165) is 22.2 Å². The van der Waals surface area contributed by atoms with E-state index in [1.165, 1.54) is 10.8 Å². The summed E-state index contributed by atoms with van der Waals surface area (Å²) < 4.78 is 14.8. The van der Waals surface area contributed by atoms with Crippen molar-refractivity contribution in [3.05, 3.63) is 94.2 Å². The highest BCUT2D eigenvalue weighted by Gasteiger charge is 2.33. The van der Waals surface area contributed by atoms with Gasteiger partial charge < -0.3 is 24.9 Å². The number of aryl methyl sites for hydroxylation is 2. The summed E-state index contributed by atoms with van der Waals surface area (Å²) >= 11 is 0.